The smallest absolute Gasteiger partial charge is 0.119 e. The molecule has 0 bridgehead atoms. The van der Waals surface area contributed by atoms with E-state index >= 15 is 0 Å². The Labute approximate surface area is 185 Å². The Balaban J connectivity index is 1.24. The molecule has 1 aliphatic heterocycles. The average Bonchev–Trinajstić information content (AvgIpc) is 2.82. The van der Waals surface area contributed by atoms with Gasteiger partial charge in [-0.2, -0.15) is 0 Å². The topological polar surface area (TPSA) is 48.8 Å². The number of pyridine rings is 1. The largest absolute Gasteiger partial charge is 0.497 e. The SMILES string of the molecule is COc1ccc2nccc(C(O)CN3CCN(CCCCc4ccccc4)CC3)c2c1. The molecule has 1 atom stereocenters. The molecule has 1 fully saturated rings. The van der Waals surface area contributed by atoms with E-state index in [-0.39, 0.29) is 0 Å². The molecule has 1 saturated heterocycles. The minimum Gasteiger partial charge on any atom is -0.497 e. The molecule has 0 saturated carbocycles. The molecule has 1 unspecified atom stereocenters. The normalized spacial score (nSPS) is 16.5. The molecule has 2 aromatic carbocycles. The van der Waals surface area contributed by atoms with E-state index in [0.717, 1.165) is 61.4 Å². The molecule has 1 N–H and O–H groups in total. The lowest BCUT2D eigenvalue weighted by molar-refractivity contribution is 0.0726. The molecule has 164 valence electrons. The van der Waals surface area contributed by atoms with Gasteiger partial charge < -0.3 is 14.7 Å². The Morgan fingerprint density at radius 3 is 2.52 bits per heavy atom. The van der Waals surface area contributed by atoms with Crippen molar-refractivity contribution < 1.29 is 9.84 Å². The van der Waals surface area contributed by atoms with Crippen LogP contribution in [0.1, 0.15) is 30.1 Å². The van der Waals surface area contributed by atoms with Crippen molar-refractivity contribution in [2.45, 2.75) is 25.4 Å². The number of benzene rings is 2. The zero-order valence-corrected chi connectivity index (χ0v) is 18.4. The number of unbranched alkanes of at least 4 members (excludes halogenated alkanes) is 1. The third-order valence-electron chi connectivity index (χ3n) is 6.27. The van der Waals surface area contributed by atoms with Crippen molar-refractivity contribution in [1.29, 1.82) is 0 Å². The van der Waals surface area contributed by atoms with Crippen molar-refractivity contribution in [3.8, 4) is 5.75 Å². The van der Waals surface area contributed by atoms with E-state index in [1.807, 2.05) is 24.3 Å². The van der Waals surface area contributed by atoms with Gasteiger partial charge in [-0.3, -0.25) is 9.88 Å². The van der Waals surface area contributed by atoms with E-state index in [9.17, 15) is 5.11 Å². The van der Waals surface area contributed by atoms with Gasteiger partial charge in [-0.05, 0) is 61.2 Å². The van der Waals surface area contributed by atoms with Gasteiger partial charge in [0.15, 0.2) is 0 Å². The Morgan fingerprint density at radius 1 is 0.968 bits per heavy atom. The molecule has 0 radical (unpaired) electrons. The van der Waals surface area contributed by atoms with Crippen molar-refractivity contribution in [3.63, 3.8) is 0 Å². The van der Waals surface area contributed by atoms with E-state index in [2.05, 4.69) is 45.1 Å². The first-order valence-corrected chi connectivity index (χ1v) is 11.3. The number of hydrogen-bond donors (Lipinski definition) is 1. The average molecular weight is 420 g/mol. The maximum atomic E-state index is 11.0. The second-order valence-electron chi connectivity index (χ2n) is 8.38. The monoisotopic (exact) mass is 419 g/mol. The molecule has 0 spiro atoms. The number of aromatic nitrogens is 1. The van der Waals surface area contributed by atoms with Crippen LogP contribution in [-0.2, 0) is 6.42 Å². The molecule has 0 aliphatic carbocycles. The summed E-state index contributed by atoms with van der Waals surface area (Å²) in [5, 5.41) is 11.9. The van der Waals surface area contributed by atoms with E-state index in [0.29, 0.717) is 6.54 Å². The Hall–Kier alpha value is -2.47. The van der Waals surface area contributed by atoms with Crippen LogP contribution in [0.25, 0.3) is 10.9 Å². The standard InChI is InChI=1S/C26H33N3O2/c1-31-22-10-11-25-24(19-22)23(12-13-27-25)26(30)20-29-17-15-28(16-18-29)14-6-5-9-21-7-3-2-4-8-21/h2-4,7-8,10-13,19,26,30H,5-6,9,14-18,20H2,1H3. The first-order chi connectivity index (χ1) is 15.2. The van der Waals surface area contributed by atoms with Gasteiger partial charge in [0.2, 0.25) is 0 Å². The van der Waals surface area contributed by atoms with Crippen LogP contribution in [0.15, 0.2) is 60.8 Å². The van der Waals surface area contributed by atoms with Crippen LogP contribution in [0.2, 0.25) is 0 Å². The predicted octanol–water partition coefficient (Wildman–Crippen LogP) is 3.92. The minimum atomic E-state index is -0.532. The lowest BCUT2D eigenvalue weighted by Gasteiger charge is -2.35. The Morgan fingerprint density at radius 2 is 1.74 bits per heavy atom. The summed E-state index contributed by atoms with van der Waals surface area (Å²) in [6.07, 6.45) is 4.89. The summed E-state index contributed by atoms with van der Waals surface area (Å²) in [6.45, 7) is 5.96. The molecular weight excluding hydrogens is 386 g/mol. The number of ether oxygens (including phenoxy) is 1. The van der Waals surface area contributed by atoms with E-state index in [1.54, 1.807) is 13.3 Å². The Bertz CT molecular complexity index is 955. The van der Waals surface area contributed by atoms with Gasteiger partial charge in [0.05, 0.1) is 18.7 Å². The summed E-state index contributed by atoms with van der Waals surface area (Å²) in [6, 6.07) is 18.5. The molecule has 4 rings (SSSR count). The van der Waals surface area contributed by atoms with Crippen LogP contribution in [0.4, 0.5) is 0 Å². The zero-order valence-electron chi connectivity index (χ0n) is 18.4. The number of rotatable bonds is 9. The quantitative estimate of drug-likeness (QED) is 0.533. The van der Waals surface area contributed by atoms with Crippen molar-refractivity contribution in [2.24, 2.45) is 0 Å². The van der Waals surface area contributed by atoms with Gasteiger partial charge >= 0.3 is 0 Å². The van der Waals surface area contributed by atoms with Crippen LogP contribution >= 0.6 is 0 Å². The van der Waals surface area contributed by atoms with Crippen molar-refractivity contribution in [2.75, 3.05) is 46.4 Å². The maximum Gasteiger partial charge on any atom is 0.119 e. The summed E-state index contributed by atoms with van der Waals surface area (Å²) in [4.78, 5) is 9.35. The first kappa shape index (κ1) is 21.8. The molecular formula is C26H33N3O2. The summed E-state index contributed by atoms with van der Waals surface area (Å²) in [5.74, 6) is 0.787. The summed E-state index contributed by atoms with van der Waals surface area (Å²) in [7, 11) is 1.66. The van der Waals surface area contributed by atoms with Crippen LogP contribution in [0.3, 0.4) is 0 Å². The number of aryl methyl sites for hydroxylation is 1. The van der Waals surface area contributed by atoms with Crippen LogP contribution < -0.4 is 4.74 Å². The van der Waals surface area contributed by atoms with Crippen LogP contribution in [-0.4, -0.2) is 66.3 Å². The predicted molar refractivity (Wildman–Crippen MR) is 126 cm³/mol. The fourth-order valence-electron chi connectivity index (χ4n) is 4.41. The van der Waals surface area contributed by atoms with E-state index in [4.69, 9.17) is 4.74 Å². The van der Waals surface area contributed by atoms with Gasteiger partial charge in [0, 0.05) is 44.3 Å². The fraction of sp³-hybridized carbons (Fsp3) is 0.423. The van der Waals surface area contributed by atoms with Crippen molar-refractivity contribution in [1.82, 2.24) is 14.8 Å². The number of hydrogen-bond acceptors (Lipinski definition) is 5. The highest BCUT2D eigenvalue weighted by atomic mass is 16.5. The molecule has 5 heteroatoms. The fourth-order valence-corrected chi connectivity index (χ4v) is 4.41. The first-order valence-electron chi connectivity index (χ1n) is 11.3. The van der Waals surface area contributed by atoms with E-state index in [1.165, 1.54) is 18.4 Å². The molecule has 1 aliphatic rings. The lowest BCUT2D eigenvalue weighted by Crippen LogP contribution is -2.47. The van der Waals surface area contributed by atoms with E-state index < -0.39 is 6.10 Å². The highest BCUT2D eigenvalue weighted by molar-refractivity contribution is 5.83. The third kappa shape index (κ3) is 5.82. The molecule has 1 aromatic heterocycles. The summed E-state index contributed by atoms with van der Waals surface area (Å²) >= 11 is 0. The number of β-amino-alcohol motifs (C(OH)–C–C–N with tert-alkyl or cyclic N) is 1. The van der Waals surface area contributed by atoms with Gasteiger partial charge in [-0.1, -0.05) is 30.3 Å². The number of aliphatic hydroxyl groups excluding tert-OH is 1. The summed E-state index contributed by atoms with van der Waals surface area (Å²) in [5.41, 5.74) is 3.24. The molecule has 3 aromatic rings. The molecule has 0 amide bonds. The number of methoxy groups -OCH3 is 1. The van der Waals surface area contributed by atoms with Crippen molar-refractivity contribution >= 4 is 10.9 Å². The third-order valence-corrected chi connectivity index (χ3v) is 6.27. The number of piperazine rings is 1. The van der Waals surface area contributed by atoms with Crippen LogP contribution in [0.5, 0.6) is 5.75 Å². The molecule has 5 nitrogen and oxygen atoms in total. The molecule has 2 heterocycles. The number of nitrogens with zero attached hydrogens (tertiary/aromatic N) is 3. The zero-order chi connectivity index (χ0) is 21.5. The second-order valence-corrected chi connectivity index (χ2v) is 8.38. The van der Waals surface area contributed by atoms with Gasteiger partial charge in [0.25, 0.3) is 0 Å². The van der Waals surface area contributed by atoms with Gasteiger partial charge in [-0.25, -0.2) is 0 Å². The second kappa shape index (κ2) is 10.7. The highest BCUT2D eigenvalue weighted by Crippen LogP contribution is 2.27. The highest BCUT2D eigenvalue weighted by Gasteiger charge is 2.21. The summed E-state index contributed by atoms with van der Waals surface area (Å²) < 4.78 is 5.36. The molecule has 31 heavy (non-hydrogen) atoms. The number of aliphatic hydroxyl groups is 1. The number of fused-ring (bicyclic) bond motifs is 1. The lowest BCUT2D eigenvalue weighted by atomic mass is 10.0. The minimum absolute atomic E-state index is 0.532. The van der Waals surface area contributed by atoms with Crippen LogP contribution in [0, 0.1) is 0 Å². The Kier molecular flexibility index (Phi) is 7.52. The maximum absolute atomic E-state index is 11.0. The van der Waals surface area contributed by atoms with Gasteiger partial charge in [0.1, 0.15) is 5.75 Å². The van der Waals surface area contributed by atoms with Crippen molar-refractivity contribution in [3.05, 3.63) is 71.9 Å². The van der Waals surface area contributed by atoms with Gasteiger partial charge in [-0.15, -0.1) is 0 Å².